The van der Waals surface area contributed by atoms with Crippen LogP contribution in [0.25, 0.3) is 0 Å². The van der Waals surface area contributed by atoms with Crippen molar-refractivity contribution in [1.82, 2.24) is 4.90 Å². The average molecular weight is 227 g/mol. The van der Waals surface area contributed by atoms with Crippen LogP contribution in [-0.4, -0.2) is 36.1 Å². The topological polar surface area (TPSA) is 40.5 Å². The van der Waals surface area contributed by atoms with Crippen molar-refractivity contribution in [2.24, 2.45) is 11.8 Å². The lowest BCUT2D eigenvalue weighted by atomic mass is 9.82. The second-order valence-electron chi connectivity index (χ2n) is 5.01. The molecule has 1 rings (SSSR count). The van der Waals surface area contributed by atoms with Crippen molar-refractivity contribution in [3.05, 3.63) is 0 Å². The smallest absolute Gasteiger partial charge is 0.225 e. The first-order valence-corrected chi connectivity index (χ1v) is 6.54. The van der Waals surface area contributed by atoms with E-state index in [4.69, 9.17) is 5.11 Å². The zero-order valence-electron chi connectivity index (χ0n) is 10.6. The van der Waals surface area contributed by atoms with Crippen LogP contribution in [0.1, 0.15) is 45.4 Å². The number of rotatable bonds is 5. The maximum absolute atomic E-state index is 12.1. The Labute approximate surface area is 98.8 Å². The van der Waals surface area contributed by atoms with Crippen molar-refractivity contribution in [1.29, 1.82) is 0 Å². The van der Waals surface area contributed by atoms with Crippen LogP contribution >= 0.6 is 0 Å². The van der Waals surface area contributed by atoms with Crippen LogP contribution in [0.5, 0.6) is 0 Å². The molecule has 0 bridgehead atoms. The summed E-state index contributed by atoms with van der Waals surface area (Å²) in [6.07, 6.45) is 6.16. The summed E-state index contributed by atoms with van der Waals surface area (Å²) in [5.74, 6) is 0.958. The van der Waals surface area contributed by atoms with E-state index < -0.39 is 0 Å². The van der Waals surface area contributed by atoms with E-state index in [1.54, 1.807) is 0 Å². The Kier molecular flexibility index (Phi) is 5.81. The molecule has 0 aromatic rings. The van der Waals surface area contributed by atoms with Crippen molar-refractivity contribution < 1.29 is 9.90 Å². The molecule has 0 aliphatic heterocycles. The van der Waals surface area contributed by atoms with Crippen LogP contribution in [0, 0.1) is 11.8 Å². The Morgan fingerprint density at radius 2 is 1.94 bits per heavy atom. The quantitative estimate of drug-likeness (QED) is 0.781. The number of aliphatic hydroxyl groups excluding tert-OH is 1. The second-order valence-corrected chi connectivity index (χ2v) is 5.01. The molecule has 1 saturated carbocycles. The summed E-state index contributed by atoms with van der Waals surface area (Å²) in [6, 6.07) is 0. The monoisotopic (exact) mass is 227 g/mol. The van der Waals surface area contributed by atoms with Gasteiger partial charge in [0.25, 0.3) is 0 Å². The van der Waals surface area contributed by atoms with Crippen LogP contribution in [0.3, 0.4) is 0 Å². The Morgan fingerprint density at radius 1 is 1.31 bits per heavy atom. The lowest BCUT2D eigenvalue weighted by molar-refractivity contribution is -0.135. The lowest BCUT2D eigenvalue weighted by Gasteiger charge is -2.29. The molecule has 1 amide bonds. The zero-order valence-corrected chi connectivity index (χ0v) is 10.6. The number of hydrogen-bond donors (Lipinski definition) is 1. The van der Waals surface area contributed by atoms with Gasteiger partial charge in [-0.25, -0.2) is 0 Å². The van der Waals surface area contributed by atoms with Crippen LogP contribution in [0.4, 0.5) is 0 Å². The van der Waals surface area contributed by atoms with Gasteiger partial charge in [-0.2, -0.15) is 0 Å². The minimum atomic E-state index is 0.213. The van der Waals surface area contributed by atoms with Gasteiger partial charge in [0.2, 0.25) is 5.91 Å². The van der Waals surface area contributed by atoms with Crippen molar-refractivity contribution in [2.75, 3.05) is 20.2 Å². The van der Waals surface area contributed by atoms with E-state index in [1.165, 1.54) is 0 Å². The average Bonchev–Trinajstić information content (AvgIpc) is 2.35. The number of carbonyl (C=O) groups is 1. The number of hydrogen-bond acceptors (Lipinski definition) is 2. The molecule has 0 unspecified atom stereocenters. The van der Waals surface area contributed by atoms with Gasteiger partial charge in [-0.05, 0) is 38.0 Å². The molecule has 3 heteroatoms. The maximum atomic E-state index is 12.1. The van der Waals surface area contributed by atoms with Gasteiger partial charge < -0.3 is 10.0 Å². The van der Waals surface area contributed by atoms with E-state index >= 15 is 0 Å². The molecule has 1 N–H and O–H groups in total. The number of aliphatic hydroxyl groups is 1. The van der Waals surface area contributed by atoms with Gasteiger partial charge in [0.05, 0.1) is 0 Å². The molecule has 1 fully saturated rings. The second kappa shape index (κ2) is 6.89. The largest absolute Gasteiger partial charge is 0.396 e. The van der Waals surface area contributed by atoms with Gasteiger partial charge in [-0.3, -0.25) is 4.79 Å². The molecule has 0 spiro atoms. The third-order valence-electron chi connectivity index (χ3n) is 3.68. The molecular formula is C13H25NO2. The predicted molar refractivity (Wildman–Crippen MR) is 65.1 cm³/mol. The normalized spacial score (nSPS) is 25.4. The Balaban J connectivity index is 2.32. The van der Waals surface area contributed by atoms with E-state index in [2.05, 4.69) is 6.92 Å². The molecule has 0 atom stereocenters. The van der Waals surface area contributed by atoms with Gasteiger partial charge in [-0.1, -0.05) is 13.3 Å². The summed E-state index contributed by atoms with van der Waals surface area (Å²) >= 11 is 0. The molecule has 1 aliphatic rings. The summed E-state index contributed by atoms with van der Waals surface area (Å²) in [6.45, 7) is 3.31. The number of amides is 1. The Morgan fingerprint density at radius 3 is 2.44 bits per heavy atom. The Bertz CT molecular complexity index is 210. The molecule has 1 aliphatic carbocycles. The minimum absolute atomic E-state index is 0.213. The molecule has 16 heavy (non-hydrogen) atoms. The van der Waals surface area contributed by atoms with Crippen molar-refractivity contribution in [3.63, 3.8) is 0 Å². The maximum Gasteiger partial charge on any atom is 0.225 e. The summed E-state index contributed by atoms with van der Waals surface area (Å²) in [4.78, 5) is 13.9. The fraction of sp³-hybridized carbons (Fsp3) is 0.923. The van der Waals surface area contributed by atoms with Gasteiger partial charge >= 0.3 is 0 Å². The predicted octanol–water partition coefficient (Wildman–Crippen LogP) is 2.04. The molecule has 0 radical (unpaired) electrons. The SMILES string of the molecule is CCCCN(C)C(=O)C1CCC(CO)CC1. The number of unbranched alkanes of at least 4 members (excludes halogenated alkanes) is 1. The first-order valence-electron chi connectivity index (χ1n) is 6.54. The third kappa shape index (κ3) is 3.78. The fourth-order valence-electron chi connectivity index (χ4n) is 2.41. The van der Waals surface area contributed by atoms with Crippen LogP contribution in [0.2, 0.25) is 0 Å². The highest BCUT2D eigenvalue weighted by atomic mass is 16.3. The van der Waals surface area contributed by atoms with E-state index in [9.17, 15) is 4.79 Å². The Hall–Kier alpha value is -0.570. The van der Waals surface area contributed by atoms with E-state index in [0.717, 1.165) is 45.1 Å². The fourth-order valence-corrected chi connectivity index (χ4v) is 2.41. The van der Waals surface area contributed by atoms with Crippen LogP contribution < -0.4 is 0 Å². The standard InChI is InChI=1S/C13H25NO2/c1-3-4-9-14(2)13(16)12-7-5-11(10-15)6-8-12/h11-12,15H,3-10H2,1-2H3. The van der Waals surface area contributed by atoms with Crippen molar-refractivity contribution in [2.45, 2.75) is 45.4 Å². The van der Waals surface area contributed by atoms with Crippen molar-refractivity contribution in [3.8, 4) is 0 Å². The molecule has 94 valence electrons. The van der Waals surface area contributed by atoms with Gasteiger partial charge in [0.15, 0.2) is 0 Å². The molecule has 0 saturated heterocycles. The summed E-state index contributed by atoms with van der Waals surface area (Å²) in [5, 5.41) is 9.05. The van der Waals surface area contributed by atoms with Crippen molar-refractivity contribution >= 4 is 5.91 Å². The van der Waals surface area contributed by atoms with Gasteiger partial charge in [0.1, 0.15) is 0 Å². The molecule has 0 aromatic carbocycles. The van der Waals surface area contributed by atoms with E-state index in [1.807, 2.05) is 11.9 Å². The minimum Gasteiger partial charge on any atom is -0.396 e. The number of carbonyl (C=O) groups excluding carboxylic acids is 1. The highest BCUT2D eigenvalue weighted by molar-refractivity contribution is 5.78. The zero-order chi connectivity index (χ0) is 12.0. The highest BCUT2D eigenvalue weighted by Crippen LogP contribution is 2.29. The molecule has 3 nitrogen and oxygen atoms in total. The molecule has 0 aromatic heterocycles. The number of nitrogens with zero attached hydrogens (tertiary/aromatic N) is 1. The third-order valence-corrected chi connectivity index (χ3v) is 3.68. The van der Waals surface area contributed by atoms with Gasteiger partial charge in [-0.15, -0.1) is 0 Å². The van der Waals surface area contributed by atoms with E-state index in [0.29, 0.717) is 11.8 Å². The summed E-state index contributed by atoms with van der Waals surface area (Å²) in [5.41, 5.74) is 0. The summed E-state index contributed by atoms with van der Waals surface area (Å²) < 4.78 is 0. The lowest BCUT2D eigenvalue weighted by Crippen LogP contribution is -2.35. The first-order chi connectivity index (χ1) is 7.69. The first kappa shape index (κ1) is 13.5. The van der Waals surface area contributed by atoms with Gasteiger partial charge in [0, 0.05) is 26.1 Å². The van der Waals surface area contributed by atoms with Crippen LogP contribution in [-0.2, 0) is 4.79 Å². The van der Waals surface area contributed by atoms with Crippen LogP contribution in [0.15, 0.2) is 0 Å². The highest BCUT2D eigenvalue weighted by Gasteiger charge is 2.27. The van der Waals surface area contributed by atoms with E-state index in [-0.39, 0.29) is 12.5 Å². The summed E-state index contributed by atoms with van der Waals surface area (Å²) in [7, 11) is 1.91. The molecule has 0 heterocycles. The molecular weight excluding hydrogens is 202 g/mol.